The summed E-state index contributed by atoms with van der Waals surface area (Å²) in [6.45, 7) is 0. The van der Waals surface area contributed by atoms with Gasteiger partial charge >= 0.3 is 0 Å². The number of amides is 1. The molecule has 0 aliphatic heterocycles. The van der Waals surface area contributed by atoms with Crippen molar-refractivity contribution in [2.45, 2.75) is 0 Å². The van der Waals surface area contributed by atoms with Crippen molar-refractivity contribution < 1.29 is 14.5 Å². The first-order chi connectivity index (χ1) is 7.51. The van der Waals surface area contributed by atoms with Crippen LogP contribution in [0.5, 0.6) is 0 Å². The average molecular weight is 219 g/mol. The van der Waals surface area contributed by atoms with Crippen molar-refractivity contribution >= 4 is 17.9 Å². The Morgan fingerprint density at radius 3 is 2.56 bits per heavy atom. The third-order valence-electron chi connectivity index (χ3n) is 1.87. The molecule has 1 amide bonds. The summed E-state index contributed by atoms with van der Waals surface area (Å²) >= 11 is 0. The normalized spacial score (nSPS) is 9.19. The number of non-ortho nitro benzene ring substituents is 1. The van der Waals surface area contributed by atoms with E-state index in [1.807, 2.05) is 0 Å². The lowest BCUT2D eigenvalue weighted by molar-refractivity contribution is -0.384. The molecule has 0 fully saturated rings. The molecule has 0 radical (unpaired) electrons. The van der Waals surface area contributed by atoms with Gasteiger partial charge in [-0.2, -0.15) is 5.26 Å². The Morgan fingerprint density at radius 1 is 1.56 bits per heavy atom. The van der Waals surface area contributed by atoms with Crippen LogP contribution in [0.3, 0.4) is 0 Å². The summed E-state index contributed by atoms with van der Waals surface area (Å²) in [5, 5.41) is 19.2. The lowest BCUT2D eigenvalue weighted by Gasteiger charge is -2.02. The quantitative estimate of drug-likeness (QED) is 0.446. The molecule has 16 heavy (non-hydrogen) atoms. The van der Waals surface area contributed by atoms with Crippen molar-refractivity contribution in [3.63, 3.8) is 0 Å². The van der Waals surface area contributed by atoms with Crippen LogP contribution in [0.4, 0.5) is 5.69 Å². The summed E-state index contributed by atoms with van der Waals surface area (Å²) in [5.74, 6) is -0.997. The molecule has 1 aromatic rings. The highest BCUT2D eigenvalue weighted by atomic mass is 16.6. The molecule has 1 rings (SSSR count). The first-order valence-corrected chi connectivity index (χ1v) is 3.98. The van der Waals surface area contributed by atoms with Crippen LogP contribution in [0.2, 0.25) is 0 Å². The van der Waals surface area contributed by atoms with Crippen LogP contribution in [-0.4, -0.2) is 17.1 Å². The Labute approximate surface area is 89.2 Å². The van der Waals surface area contributed by atoms with Crippen molar-refractivity contribution in [3.8, 4) is 6.07 Å². The van der Waals surface area contributed by atoms with Crippen LogP contribution in [0.1, 0.15) is 26.3 Å². The lowest BCUT2D eigenvalue weighted by atomic mass is 10.0. The first kappa shape index (κ1) is 11.3. The van der Waals surface area contributed by atoms with Crippen LogP contribution in [-0.2, 0) is 0 Å². The molecule has 0 atom stereocenters. The van der Waals surface area contributed by atoms with Gasteiger partial charge in [-0.1, -0.05) is 0 Å². The van der Waals surface area contributed by atoms with Gasteiger partial charge in [-0.3, -0.25) is 19.7 Å². The number of nitriles is 1. The molecule has 2 N–H and O–H groups in total. The number of carbonyl (C=O) groups is 2. The SMILES string of the molecule is N#Cc1c(C=O)cc([N+](=O)[O-])cc1C(N)=O. The minimum Gasteiger partial charge on any atom is -0.366 e. The fraction of sp³-hybridized carbons (Fsp3) is 0. The number of nitro groups is 1. The maximum Gasteiger partial charge on any atom is 0.271 e. The van der Waals surface area contributed by atoms with Crippen LogP contribution >= 0.6 is 0 Å². The molecule has 0 unspecified atom stereocenters. The van der Waals surface area contributed by atoms with Crippen molar-refractivity contribution in [2.24, 2.45) is 5.73 Å². The predicted octanol–water partition coefficient (Wildman–Crippen LogP) is 0.378. The van der Waals surface area contributed by atoms with Gasteiger partial charge in [0.05, 0.1) is 16.1 Å². The summed E-state index contributed by atoms with van der Waals surface area (Å²) < 4.78 is 0. The maximum atomic E-state index is 11.0. The molecule has 0 aromatic heterocycles. The minimum absolute atomic E-state index is 0.231. The van der Waals surface area contributed by atoms with E-state index in [4.69, 9.17) is 11.0 Å². The smallest absolute Gasteiger partial charge is 0.271 e. The van der Waals surface area contributed by atoms with E-state index < -0.39 is 16.5 Å². The molecular formula is C9H5N3O4. The van der Waals surface area contributed by atoms with Gasteiger partial charge < -0.3 is 5.73 Å². The lowest BCUT2D eigenvalue weighted by Crippen LogP contribution is -2.14. The zero-order valence-corrected chi connectivity index (χ0v) is 7.84. The largest absolute Gasteiger partial charge is 0.366 e. The van der Waals surface area contributed by atoms with Crippen LogP contribution in [0.25, 0.3) is 0 Å². The number of nitro benzene ring substituents is 1. The van der Waals surface area contributed by atoms with Crippen LogP contribution in [0.15, 0.2) is 12.1 Å². The number of hydrogen-bond donors (Lipinski definition) is 1. The highest BCUT2D eigenvalue weighted by Gasteiger charge is 2.19. The summed E-state index contributed by atoms with van der Waals surface area (Å²) in [7, 11) is 0. The maximum absolute atomic E-state index is 11.0. The topological polar surface area (TPSA) is 127 Å². The molecule has 0 aliphatic carbocycles. The summed E-state index contributed by atoms with van der Waals surface area (Å²) in [5.41, 5.74) is 3.67. The highest BCUT2D eigenvalue weighted by molar-refractivity contribution is 5.99. The van der Waals surface area contributed by atoms with E-state index in [0.717, 1.165) is 12.1 Å². The monoisotopic (exact) mass is 219 g/mol. The summed E-state index contributed by atoms with van der Waals surface area (Å²) in [6, 6.07) is 3.39. The Bertz CT molecular complexity index is 530. The van der Waals surface area contributed by atoms with E-state index in [-0.39, 0.29) is 23.0 Å². The van der Waals surface area contributed by atoms with Gasteiger partial charge in [0, 0.05) is 17.7 Å². The van der Waals surface area contributed by atoms with Crippen molar-refractivity contribution in [1.29, 1.82) is 5.26 Å². The van der Waals surface area contributed by atoms with E-state index in [0.29, 0.717) is 0 Å². The van der Waals surface area contributed by atoms with Gasteiger partial charge in [0.1, 0.15) is 6.07 Å². The van der Waals surface area contributed by atoms with Crippen LogP contribution in [0, 0.1) is 21.4 Å². The molecule has 7 heteroatoms. The summed E-state index contributed by atoms with van der Waals surface area (Å²) in [4.78, 5) is 31.3. The second-order valence-electron chi connectivity index (χ2n) is 2.81. The predicted molar refractivity (Wildman–Crippen MR) is 51.7 cm³/mol. The number of benzene rings is 1. The van der Waals surface area contributed by atoms with Gasteiger partial charge in [-0.15, -0.1) is 0 Å². The van der Waals surface area contributed by atoms with Crippen molar-refractivity contribution in [2.75, 3.05) is 0 Å². The van der Waals surface area contributed by atoms with Gasteiger partial charge in [-0.05, 0) is 0 Å². The van der Waals surface area contributed by atoms with E-state index >= 15 is 0 Å². The Kier molecular flexibility index (Phi) is 2.96. The molecule has 0 saturated heterocycles. The van der Waals surface area contributed by atoms with Crippen molar-refractivity contribution in [1.82, 2.24) is 0 Å². The zero-order valence-electron chi connectivity index (χ0n) is 7.84. The van der Waals surface area contributed by atoms with Gasteiger partial charge in [-0.25, -0.2) is 0 Å². The fourth-order valence-corrected chi connectivity index (χ4v) is 1.17. The second kappa shape index (κ2) is 4.18. The van der Waals surface area contributed by atoms with Gasteiger partial charge in [0.25, 0.3) is 5.69 Å². The molecule has 7 nitrogen and oxygen atoms in total. The third kappa shape index (κ3) is 1.85. The number of nitrogens with two attached hydrogens (primary N) is 1. The third-order valence-corrected chi connectivity index (χ3v) is 1.87. The van der Waals surface area contributed by atoms with E-state index in [1.165, 1.54) is 0 Å². The number of rotatable bonds is 3. The van der Waals surface area contributed by atoms with Gasteiger partial charge in [0.2, 0.25) is 5.91 Å². The number of hydrogen-bond acceptors (Lipinski definition) is 5. The van der Waals surface area contributed by atoms with E-state index in [9.17, 15) is 19.7 Å². The zero-order chi connectivity index (χ0) is 12.3. The fourth-order valence-electron chi connectivity index (χ4n) is 1.17. The molecule has 0 heterocycles. The number of primary amides is 1. The first-order valence-electron chi connectivity index (χ1n) is 3.98. The Balaban J connectivity index is 3.64. The molecule has 80 valence electrons. The van der Waals surface area contributed by atoms with Crippen LogP contribution < -0.4 is 5.73 Å². The van der Waals surface area contributed by atoms with Gasteiger partial charge in [0.15, 0.2) is 6.29 Å². The molecule has 0 saturated carbocycles. The number of nitrogens with zero attached hydrogens (tertiary/aromatic N) is 2. The molecule has 0 aliphatic rings. The summed E-state index contributed by atoms with van der Waals surface area (Å²) in [6.07, 6.45) is 0.262. The molecule has 0 spiro atoms. The highest BCUT2D eigenvalue weighted by Crippen LogP contribution is 2.20. The second-order valence-corrected chi connectivity index (χ2v) is 2.81. The average Bonchev–Trinajstić information content (AvgIpc) is 2.26. The van der Waals surface area contributed by atoms with E-state index in [2.05, 4.69) is 0 Å². The molecular weight excluding hydrogens is 214 g/mol. The number of carbonyl (C=O) groups excluding carboxylic acids is 2. The number of aldehydes is 1. The standard InChI is InChI=1S/C9H5N3O4/c10-3-8-5(4-13)1-6(12(15)16)2-7(8)9(11)14/h1-2,4H,(H2,11,14). The molecule has 1 aromatic carbocycles. The Hall–Kier alpha value is -2.75. The van der Waals surface area contributed by atoms with E-state index in [1.54, 1.807) is 6.07 Å². The minimum atomic E-state index is -0.997. The Morgan fingerprint density at radius 2 is 2.19 bits per heavy atom. The van der Waals surface area contributed by atoms with Crippen molar-refractivity contribution in [3.05, 3.63) is 38.9 Å². The molecule has 0 bridgehead atoms.